The van der Waals surface area contributed by atoms with Gasteiger partial charge in [0.1, 0.15) is 0 Å². The van der Waals surface area contributed by atoms with Crippen LogP contribution in [0, 0.1) is 0 Å². The second kappa shape index (κ2) is 8.51. The molecular weight excluding hydrogens is 240 g/mol. The van der Waals surface area contributed by atoms with Gasteiger partial charge in [-0.25, -0.2) is 0 Å². The fourth-order valence-electron chi connectivity index (χ4n) is 2.43. The van der Waals surface area contributed by atoms with E-state index < -0.39 is 0 Å². The van der Waals surface area contributed by atoms with Crippen LogP contribution >= 0.6 is 0 Å². The molecule has 0 aromatic carbocycles. The Hall–Kier alpha value is -0.650. The highest BCUT2D eigenvalue weighted by Gasteiger charge is 2.22. The monoisotopic (exact) mass is 270 g/mol. The molecular formula is C14H30N4O. The highest BCUT2D eigenvalue weighted by Crippen LogP contribution is 2.12. The van der Waals surface area contributed by atoms with Crippen molar-refractivity contribution in [2.45, 2.75) is 31.7 Å². The van der Waals surface area contributed by atoms with Crippen molar-refractivity contribution in [3.05, 3.63) is 0 Å². The van der Waals surface area contributed by atoms with Crippen LogP contribution in [0.2, 0.25) is 0 Å². The van der Waals surface area contributed by atoms with Gasteiger partial charge in [0.25, 0.3) is 0 Å². The standard InChI is InChI=1S/C14H30N4O/c1-16(2)9-10-17(3)13(12-15)11-14(19)18-7-5-4-6-8-18/h13H,4-12,15H2,1-3H3. The summed E-state index contributed by atoms with van der Waals surface area (Å²) in [6.07, 6.45) is 4.11. The SMILES string of the molecule is CN(C)CCN(C)C(CN)CC(=O)N1CCCCC1. The smallest absolute Gasteiger partial charge is 0.224 e. The molecule has 0 saturated carbocycles. The molecule has 0 aromatic heterocycles. The minimum absolute atomic E-state index is 0.161. The Bertz CT molecular complexity index is 264. The van der Waals surface area contributed by atoms with Gasteiger partial charge < -0.3 is 20.4 Å². The van der Waals surface area contributed by atoms with Crippen molar-refractivity contribution in [2.24, 2.45) is 5.73 Å². The molecule has 112 valence electrons. The van der Waals surface area contributed by atoms with Crippen LogP contribution in [-0.2, 0) is 4.79 Å². The number of nitrogens with zero attached hydrogens (tertiary/aromatic N) is 3. The molecule has 1 heterocycles. The van der Waals surface area contributed by atoms with Crippen LogP contribution in [-0.4, -0.2) is 80.5 Å². The fraction of sp³-hybridized carbons (Fsp3) is 0.929. The van der Waals surface area contributed by atoms with E-state index in [1.807, 2.05) is 4.90 Å². The third-order valence-corrected chi connectivity index (χ3v) is 3.91. The Morgan fingerprint density at radius 3 is 2.32 bits per heavy atom. The van der Waals surface area contributed by atoms with E-state index in [0.29, 0.717) is 13.0 Å². The van der Waals surface area contributed by atoms with E-state index in [0.717, 1.165) is 39.0 Å². The molecule has 0 aliphatic carbocycles. The number of likely N-dealkylation sites (tertiary alicyclic amines) is 1. The lowest BCUT2D eigenvalue weighted by atomic mass is 10.1. The van der Waals surface area contributed by atoms with Gasteiger partial charge in [-0.3, -0.25) is 4.79 Å². The molecule has 1 rings (SSSR count). The average molecular weight is 270 g/mol. The first-order valence-electron chi connectivity index (χ1n) is 7.37. The lowest BCUT2D eigenvalue weighted by Gasteiger charge is -2.32. The predicted molar refractivity (Wildman–Crippen MR) is 79.1 cm³/mol. The highest BCUT2D eigenvalue weighted by molar-refractivity contribution is 5.76. The lowest BCUT2D eigenvalue weighted by Crippen LogP contribution is -2.45. The molecule has 0 aromatic rings. The molecule has 5 heteroatoms. The summed E-state index contributed by atoms with van der Waals surface area (Å²) in [6.45, 7) is 4.34. The van der Waals surface area contributed by atoms with Crippen molar-refractivity contribution in [2.75, 3.05) is 53.9 Å². The van der Waals surface area contributed by atoms with E-state index in [1.54, 1.807) is 0 Å². The van der Waals surface area contributed by atoms with Crippen LogP contribution in [0.5, 0.6) is 0 Å². The molecule has 1 aliphatic rings. The first-order valence-corrected chi connectivity index (χ1v) is 7.37. The van der Waals surface area contributed by atoms with Crippen molar-refractivity contribution in [1.82, 2.24) is 14.7 Å². The van der Waals surface area contributed by atoms with Crippen LogP contribution in [0.4, 0.5) is 0 Å². The molecule has 1 amide bonds. The van der Waals surface area contributed by atoms with Crippen LogP contribution in [0.15, 0.2) is 0 Å². The molecule has 1 fully saturated rings. The highest BCUT2D eigenvalue weighted by atomic mass is 16.2. The summed E-state index contributed by atoms with van der Waals surface area (Å²) in [7, 11) is 6.18. The van der Waals surface area contributed by atoms with E-state index in [9.17, 15) is 4.79 Å². The number of amides is 1. The molecule has 0 spiro atoms. The van der Waals surface area contributed by atoms with Gasteiger partial charge in [0.2, 0.25) is 5.91 Å². The second-order valence-corrected chi connectivity index (χ2v) is 5.82. The summed E-state index contributed by atoms with van der Waals surface area (Å²) < 4.78 is 0. The maximum absolute atomic E-state index is 12.2. The minimum Gasteiger partial charge on any atom is -0.343 e. The number of likely N-dealkylation sites (N-methyl/N-ethyl adjacent to an activating group) is 2. The molecule has 1 unspecified atom stereocenters. The molecule has 5 nitrogen and oxygen atoms in total. The van der Waals surface area contributed by atoms with E-state index in [-0.39, 0.29) is 11.9 Å². The first-order chi connectivity index (χ1) is 9.04. The summed E-state index contributed by atoms with van der Waals surface area (Å²) in [5.41, 5.74) is 5.83. The van der Waals surface area contributed by atoms with Crippen molar-refractivity contribution in [3.8, 4) is 0 Å². The topological polar surface area (TPSA) is 52.8 Å². The van der Waals surface area contributed by atoms with E-state index >= 15 is 0 Å². The number of piperidine rings is 1. The quantitative estimate of drug-likeness (QED) is 0.718. The maximum Gasteiger partial charge on any atom is 0.224 e. The molecule has 1 aliphatic heterocycles. The zero-order chi connectivity index (χ0) is 14.3. The predicted octanol–water partition coefficient (Wildman–Crippen LogP) is 0.210. The minimum atomic E-state index is 0.161. The van der Waals surface area contributed by atoms with Crippen LogP contribution in [0.3, 0.4) is 0 Å². The molecule has 2 N–H and O–H groups in total. The van der Waals surface area contributed by atoms with Crippen molar-refractivity contribution >= 4 is 5.91 Å². The molecule has 1 atom stereocenters. The van der Waals surface area contributed by atoms with Gasteiger partial charge in [0.05, 0.1) is 0 Å². The Labute approximate surface area is 117 Å². The van der Waals surface area contributed by atoms with E-state index in [2.05, 4.69) is 30.9 Å². The molecule has 19 heavy (non-hydrogen) atoms. The fourth-order valence-corrected chi connectivity index (χ4v) is 2.43. The summed E-state index contributed by atoms with van der Waals surface area (Å²) in [5.74, 6) is 0.270. The average Bonchev–Trinajstić information content (AvgIpc) is 2.42. The second-order valence-electron chi connectivity index (χ2n) is 5.82. The lowest BCUT2D eigenvalue weighted by molar-refractivity contribution is -0.133. The van der Waals surface area contributed by atoms with Crippen LogP contribution in [0.1, 0.15) is 25.7 Å². The number of rotatable bonds is 7. The Morgan fingerprint density at radius 2 is 1.79 bits per heavy atom. The third kappa shape index (κ3) is 5.89. The number of nitrogens with two attached hydrogens (primary N) is 1. The van der Waals surface area contributed by atoms with Crippen molar-refractivity contribution in [3.63, 3.8) is 0 Å². The Kier molecular flexibility index (Phi) is 7.34. The van der Waals surface area contributed by atoms with Crippen LogP contribution in [0.25, 0.3) is 0 Å². The van der Waals surface area contributed by atoms with Gasteiger partial charge in [-0.2, -0.15) is 0 Å². The third-order valence-electron chi connectivity index (χ3n) is 3.91. The summed E-state index contributed by atoms with van der Waals surface area (Å²) in [4.78, 5) is 18.6. The first kappa shape index (κ1) is 16.4. The Morgan fingerprint density at radius 1 is 1.16 bits per heavy atom. The number of carbonyl (C=O) groups is 1. The van der Waals surface area contributed by atoms with E-state index in [1.165, 1.54) is 6.42 Å². The van der Waals surface area contributed by atoms with Gasteiger partial charge in [0, 0.05) is 45.2 Å². The normalized spacial score (nSPS) is 18.1. The zero-order valence-corrected chi connectivity index (χ0v) is 12.8. The van der Waals surface area contributed by atoms with Gasteiger partial charge >= 0.3 is 0 Å². The number of carbonyl (C=O) groups excluding carboxylic acids is 1. The maximum atomic E-state index is 12.2. The summed E-state index contributed by atoms with van der Waals surface area (Å²) >= 11 is 0. The largest absolute Gasteiger partial charge is 0.343 e. The molecule has 1 saturated heterocycles. The number of hydrogen-bond acceptors (Lipinski definition) is 4. The number of hydrogen-bond donors (Lipinski definition) is 1. The van der Waals surface area contributed by atoms with E-state index in [4.69, 9.17) is 5.73 Å². The molecule has 0 radical (unpaired) electrons. The molecule has 0 bridgehead atoms. The summed E-state index contributed by atoms with van der Waals surface area (Å²) in [5, 5.41) is 0. The van der Waals surface area contributed by atoms with Gasteiger partial charge in [0.15, 0.2) is 0 Å². The zero-order valence-electron chi connectivity index (χ0n) is 12.8. The van der Waals surface area contributed by atoms with Crippen LogP contribution < -0.4 is 5.73 Å². The van der Waals surface area contributed by atoms with Gasteiger partial charge in [-0.1, -0.05) is 0 Å². The Balaban J connectivity index is 2.39. The van der Waals surface area contributed by atoms with Gasteiger partial charge in [-0.15, -0.1) is 0 Å². The van der Waals surface area contributed by atoms with Crippen molar-refractivity contribution in [1.29, 1.82) is 0 Å². The van der Waals surface area contributed by atoms with Gasteiger partial charge in [-0.05, 0) is 40.4 Å². The summed E-state index contributed by atoms with van der Waals surface area (Å²) in [6, 6.07) is 0.161. The van der Waals surface area contributed by atoms with Crippen molar-refractivity contribution < 1.29 is 4.79 Å².